The van der Waals surface area contributed by atoms with E-state index in [2.05, 4.69) is 73.0 Å². The average molecular weight is 1420 g/mol. The number of carbonyl (C=O) groups is 11. The summed E-state index contributed by atoms with van der Waals surface area (Å²) in [6.45, 7) is -1.34. The van der Waals surface area contributed by atoms with Crippen LogP contribution < -0.4 is 80.5 Å². The number of nitrogens with one attached hydrogen (secondary N) is 12. The molecule has 0 saturated carbocycles. The first-order valence-electron chi connectivity index (χ1n) is 32.4. The smallest absolute Gasteiger partial charge is 0.338 e. The number of benzene rings is 3. The molecule has 22 N–H and O–H groups in total. The highest BCUT2D eigenvalue weighted by atomic mass is 32.2. The molecule has 100 heavy (non-hydrogen) atoms. The van der Waals surface area contributed by atoms with Crippen molar-refractivity contribution in [3.8, 4) is 11.5 Å². The SMILES string of the molecule is NC(=O)CC[C@@H]1NC(=O)/C=N/OCCCCCCOc2cc3cc(c2)CSC[C@H](NC1=O)C(=O)N[C@@H](Cc1cnc[nH]1)C(=O)N[C@@H](Cc1c[nH]c2ccccc12)C(=O)N[C@@H](Cc1ccc(O)cc1)C(=O)NCC(=O)NC[C@H](CCC[NH+]=C(N)N)C(=O)N[C@H](CO)C(=O)N[C@H](C(N)=O)CSC3. The first-order valence-corrected chi connectivity index (χ1v) is 34.8. The molecule has 35 heteroatoms. The number of para-hydroxylation sites is 1. The van der Waals surface area contributed by atoms with Crippen LogP contribution in [-0.4, -0.2) is 196 Å². The van der Waals surface area contributed by atoms with E-state index in [9.17, 15) is 48.6 Å². The number of nitrogens with zero attached hydrogens (tertiary/aromatic N) is 2. The number of carbonyl (C=O) groups excluding carboxylic acids is 11. The van der Waals surface area contributed by atoms with Crippen molar-refractivity contribution in [1.82, 2.24) is 62.8 Å². The molecule has 0 fully saturated rings. The lowest BCUT2D eigenvalue weighted by atomic mass is 10.0. The second-order valence-electron chi connectivity index (χ2n) is 23.8. The number of hydrogen-bond donors (Lipinski definition) is 18. The largest absolute Gasteiger partial charge is 0.508 e. The molecule has 0 saturated heterocycles. The number of aliphatic hydroxyl groups is 1. The molecule has 5 aromatic rings. The predicted octanol–water partition coefficient (Wildman–Crippen LogP) is -4.12. The molecule has 33 nitrogen and oxygen atoms in total. The van der Waals surface area contributed by atoms with Gasteiger partial charge in [0.25, 0.3) is 5.91 Å². The summed E-state index contributed by atoms with van der Waals surface area (Å²) in [6, 6.07) is 7.86. The number of phenolic OH excluding ortho intramolecular Hbond substituents is 1. The van der Waals surface area contributed by atoms with Crippen LogP contribution in [0.4, 0.5) is 0 Å². The van der Waals surface area contributed by atoms with Crippen LogP contribution in [-0.2, 0) is 88.3 Å². The third-order valence-corrected chi connectivity index (χ3v) is 18.2. The van der Waals surface area contributed by atoms with Crippen LogP contribution in [0.15, 0.2) is 90.6 Å². The van der Waals surface area contributed by atoms with E-state index in [-0.39, 0.29) is 99.4 Å². The standard InChI is InChI=1S/C65H86N18O15S2/c66-54(86)16-15-47-60(92)83-53-35-100-33-39-20-38(21-44(22-39)97-18-5-1-2-6-19-98-76-30-56(88)77-47)32-99-34-52(57(67)89)82-63(95)51(31-84)81-58(90)40(8-7-17-71-65(68)69)26-73-55(87)29-74-59(91)48(23-37-11-13-43(85)14-12-37)78-61(93)49(24-41-27-72-46-10-4-3-9-45(41)46)79-62(94)50(80-64(53)96)25-42-28-70-36-75-42/h3-4,9-14,20-22,27-28,30,36,40,47-53,72,84-85H,1-2,5-8,15-19,23-26,29,31-35H2,(H2,66,86)(H2,67,89)(H,70,75)(H,73,87)(H,74,91)(H,77,88)(H,78,93)(H,79,94)(H,80,96)(H,81,90)(H,82,95)(H,83,92)(H4,68,69,71)/p+1/b76-30+/t40-,47-,48-,49-,50-,51+,52-,53-/m0/s1. The van der Waals surface area contributed by atoms with Crippen LogP contribution in [0.3, 0.4) is 0 Å². The van der Waals surface area contributed by atoms with E-state index in [1.54, 1.807) is 42.6 Å². The predicted molar refractivity (Wildman–Crippen MR) is 369 cm³/mol. The molecule has 2 aromatic heterocycles. The summed E-state index contributed by atoms with van der Waals surface area (Å²) in [7, 11) is 0. The number of H-pyrrole nitrogens is 2. The summed E-state index contributed by atoms with van der Waals surface area (Å²) in [4.78, 5) is 173. The van der Waals surface area contributed by atoms with Crippen LogP contribution in [0, 0.1) is 5.92 Å². The number of aromatic nitrogens is 3. The molecule has 2 aliphatic heterocycles. The monoisotopic (exact) mass is 1420 g/mol. The first-order chi connectivity index (χ1) is 48.1. The summed E-state index contributed by atoms with van der Waals surface area (Å²) in [5, 5.41) is 48.8. The molecule has 8 atom stereocenters. The molecule has 0 aliphatic carbocycles. The van der Waals surface area contributed by atoms with E-state index in [4.69, 9.17) is 32.5 Å². The number of oxime groups is 1. The maximum Gasteiger partial charge on any atom is 0.338 e. The van der Waals surface area contributed by atoms with Gasteiger partial charge in [-0.1, -0.05) is 41.6 Å². The fourth-order valence-corrected chi connectivity index (χ4v) is 12.6. The molecule has 4 heterocycles. The minimum Gasteiger partial charge on any atom is -0.508 e. The molecule has 11 amide bonds. The molecule has 2 aliphatic rings. The van der Waals surface area contributed by atoms with Crippen LogP contribution in [0.1, 0.15) is 79.3 Å². The highest BCUT2D eigenvalue weighted by molar-refractivity contribution is 7.98. The maximum absolute atomic E-state index is 15.2. The zero-order chi connectivity index (χ0) is 71.9. The third-order valence-electron chi connectivity index (χ3n) is 15.9. The van der Waals surface area contributed by atoms with E-state index >= 15 is 14.4 Å². The number of amides is 11. The van der Waals surface area contributed by atoms with E-state index in [1.165, 1.54) is 60.3 Å². The molecule has 0 radical (unpaired) electrons. The van der Waals surface area contributed by atoms with Crippen LogP contribution in [0.2, 0.25) is 0 Å². The number of guanidine groups is 1. The molecular formula is C65H87N18O15S2+. The molecule has 7 rings (SSSR count). The fraction of sp³-hybridized carbons (Fsp3) is 0.446. The van der Waals surface area contributed by atoms with Gasteiger partial charge in [-0.25, -0.2) is 4.98 Å². The lowest BCUT2D eigenvalue weighted by Gasteiger charge is -2.27. The molecule has 0 unspecified atom stereocenters. The quantitative estimate of drug-likeness (QED) is 0.0269. The van der Waals surface area contributed by atoms with Crippen molar-refractivity contribution in [2.24, 2.45) is 34.0 Å². The van der Waals surface area contributed by atoms with Gasteiger partial charge in [0.15, 0.2) is 0 Å². The summed E-state index contributed by atoms with van der Waals surface area (Å²) < 4.78 is 6.27. The Bertz CT molecular complexity index is 3690. The zero-order valence-corrected chi connectivity index (χ0v) is 56.5. The molecule has 538 valence electrons. The number of thioether (sulfide) groups is 2. The van der Waals surface area contributed by atoms with Gasteiger partial charge < -0.3 is 89.1 Å². The van der Waals surface area contributed by atoms with Crippen molar-refractivity contribution >= 4 is 112 Å². The molecular weight excluding hydrogens is 1340 g/mol. The highest BCUT2D eigenvalue weighted by Gasteiger charge is 2.35. The normalized spacial score (nSPS) is 22.7. The first kappa shape index (κ1) is 76.9. The Morgan fingerprint density at radius 3 is 2.00 bits per heavy atom. The van der Waals surface area contributed by atoms with Crippen LogP contribution in [0.25, 0.3) is 10.9 Å². The second-order valence-corrected chi connectivity index (χ2v) is 25.9. The number of ether oxygens (including phenoxy) is 1. The number of hydrogen-bond acceptors (Lipinski definition) is 19. The Morgan fingerprint density at radius 1 is 0.650 bits per heavy atom. The number of aliphatic hydroxyl groups excluding tert-OH is 1. The average Bonchev–Trinajstić information content (AvgIpc) is 1.72. The number of aromatic hydroxyl groups is 1. The Balaban J connectivity index is 1.29. The van der Waals surface area contributed by atoms with Crippen molar-refractivity contribution in [2.75, 3.05) is 51.0 Å². The topological polar surface area (TPSA) is 530 Å². The van der Waals surface area contributed by atoms with Crippen molar-refractivity contribution in [3.63, 3.8) is 0 Å². The number of phenols is 1. The van der Waals surface area contributed by atoms with Crippen molar-refractivity contribution in [1.29, 1.82) is 0 Å². The number of imidazole rings is 1. The molecule has 0 spiro atoms. The second kappa shape index (κ2) is 39.8. The lowest BCUT2D eigenvalue weighted by Crippen LogP contribution is -2.78. The minimum atomic E-state index is -1.61. The number of aromatic amines is 2. The highest BCUT2D eigenvalue weighted by Crippen LogP contribution is 2.26. The number of primary amides is 2. The third kappa shape index (κ3) is 25.8. The van der Waals surface area contributed by atoms with Gasteiger partial charge in [0.2, 0.25) is 59.1 Å². The van der Waals surface area contributed by atoms with Gasteiger partial charge >= 0.3 is 5.96 Å². The number of nitrogens with two attached hydrogens (primary N) is 4. The summed E-state index contributed by atoms with van der Waals surface area (Å²) >= 11 is 2.39. The Kier molecular flexibility index (Phi) is 30.7. The van der Waals surface area contributed by atoms with Crippen LogP contribution >= 0.6 is 23.5 Å². The Labute approximate surface area is 583 Å². The number of fused-ring (bicyclic) bond motifs is 6. The van der Waals surface area contributed by atoms with E-state index < -0.39 is 126 Å². The van der Waals surface area contributed by atoms with Gasteiger partial charge in [-0.15, -0.1) is 0 Å². The molecule has 3 aromatic carbocycles. The Morgan fingerprint density at radius 2 is 1.31 bits per heavy atom. The van der Waals surface area contributed by atoms with E-state index in [0.29, 0.717) is 64.0 Å². The van der Waals surface area contributed by atoms with E-state index in [0.717, 1.165) is 19.1 Å². The van der Waals surface area contributed by atoms with Gasteiger partial charge in [-0.05, 0) is 97.5 Å². The van der Waals surface area contributed by atoms with Gasteiger partial charge in [-0.2, -0.15) is 23.5 Å². The van der Waals surface area contributed by atoms with Gasteiger partial charge in [0.1, 0.15) is 66.6 Å². The lowest BCUT2D eigenvalue weighted by molar-refractivity contribution is -0.459. The maximum atomic E-state index is 15.2. The zero-order valence-electron chi connectivity index (χ0n) is 54.9. The van der Waals surface area contributed by atoms with E-state index in [1.807, 2.05) is 6.07 Å². The van der Waals surface area contributed by atoms with Crippen molar-refractivity contribution in [3.05, 3.63) is 113 Å². The van der Waals surface area contributed by atoms with Gasteiger partial charge in [0.05, 0.1) is 38.5 Å². The van der Waals surface area contributed by atoms with Crippen LogP contribution in [0.5, 0.6) is 11.5 Å². The summed E-state index contributed by atoms with van der Waals surface area (Å²) in [5.41, 5.74) is 25.9. The Hall–Kier alpha value is -10.4. The number of rotatable bonds is 15. The summed E-state index contributed by atoms with van der Waals surface area (Å²) in [6.07, 6.45) is 6.83. The van der Waals surface area contributed by atoms with Crippen molar-refractivity contribution < 1.29 is 77.5 Å². The fourth-order valence-electron chi connectivity index (χ4n) is 10.6. The van der Waals surface area contributed by atoms with Gasteiger partial charge in [-0.3, -0.25) is 69.2 Å². The summed E-state index contributed by atoms with van der Waals surface area (Å²) in [5.74, 6) is -10.4. The minimum absolute atomic E-state index is 0.0625. The molecule has 4 bridgehead atoms. The van der Waals surface area contributed by atoms with Crippen molar-refractivity contribution in [2.45, 2.75) is 124 Å². The van der Waals surface area contributed by atoms with Gasteiger partial charge in [0, 0.05) is 84.2 Å².